The van der Waals surface area contributed by atoms with Crippen LogP contribution < -0.4 is 5.32 Å². The van der Waals surface area contributed by atoms with E-state index in [1.54, 1.807) is 0 Å². The van der Waals surface area contributed by atoms with Crippen molar-refractivity contribution in [3.8, 4) is 0 Å². The molecule has 0 aliphatic carbocycles. The summed E-state index contributed by atoms with van der Waals surface area (Å²) in [5.41, 5.74) is 4.06. The molecule has 0 aliphatic rings. The van der Waals surface area contributed by atoms with Gasteiger partial charge in [-0.2, -0.15) is 0 Å². The number of aromatic nitrogens is 2. The molecule has 0 saturated carbocycles. The molecule has 3 rings (SSSR count). The van der Waals surface area contributed by atoms with Gasteiger partial charge in [0.1, 0.15) is 5.82 Å². The van der Waals surface area contributed by atoms with E-state index in [0.29, 0.717) is 12.1 Å². The van der Waals surface area contributed by atoms with Gasteiger partial charge in [0.05, 0.1) is 11.0 Å². The fourth-order valence-corrected chi connectivity index (χ4v) is 4.32. The number of para-hydroxylation sites is 2. The van der Waals surface area contributed by atoms with E-state index in [9.17, 15) is 4.79 Å². The average molecular weight is 434 g/mol. The first-order valence-electron chi connectivity index (χ1n) is 12.5. The molecule has 1 heterocycles. The van der Waals surface area contributed by atoms with Crippen LogP contribution in [0.15, 0.2) is 48.5 Å². The summed E-state index contributed by atoms with van der Waals surface area (Å²) in [7, 11) is 0. The number of imidazole rings is 1. The monoisotopic (exact) mass is 433 g/mol. The Morgan fingerprint density at radius 2 is 1.62 bits per heavy atom. The summed E-state index contributed by atoms with van der Waals surface area (Å²) in [6.07, 6.45) is 12.7. The van der Waals surface area contributed by atoms with E-state index in [2.05, 4.69) is 35.0 Å². The first-order chi connectivity index (χ1) is 15.7. The number of hydrogen-bond acceptors (Lipinski definition) is 2. The maximum Gasteiger partial charge on any atom is 0.251 e. The van der Waals surface area contributed by atoms with Crippen molar-refractivity contribution < 1.29 is 4.79 Å². The summed E-state index contributed by atoms with van der Waals surface area (Å²) >= 11 is 0. The van der Waals surface area contributed by atoms with Crippen LogP contribution in [0.4, 0.5) is 0 Å². The van der Waals surface area contributed by atoms with Crippen molar-refractivity contribution in [1.82, 2.24) is 14.9 Å². The summed E-state index contributed by atoms with van der Waals surface area (Å²) < 4.78 is 2.36. The largest absolute Gasteiger partial charge is 0.352 e. The first-order valence-corrected chi connectivity index (χ1v) is 12.5. The molecule has 1 aromatic heterocycles. The van der Waals surface area contributed by atoms with Crippen LogP contribution in [0.5, 0.6) is 0 Å². The molecule has 0 unspecified atom stereocenters. The Labute approximate surface area is 193 Å². The van der Waals surface area contributed by atoms with Crippen molar-refractivity contribution in [3.63, 3.8) is 0 Å². The van der Waals surface area contributed by atoms with Gasteiger partial charge in [0.15, 0.2) is 0 Å². The van der Waals surface area contributed by atoms with Crippen LogP contribution >= 0.6 is 0 Å². The van der Waals surface area contributed by atoms with Crippen molar-refractivity contribution in [2.24, 2.45) is 0 Å². The minimum Gasteiger partial charge on any atom is -0.352 e. The smallest absolute Gasteiger partial charge is 0.251 e. The lowest BCUT2D eigenvalue weighted by molar-refractivity contribution is 0.0954. The van der Waals surface area contributed by atoms with Gasteiger partial charge in [0.2, 0.25) is 0 Å². The highest BCUT2D eigenvalue weighted by atomic mass is 16.1. The number of fused-ring (bicyclic) bond motifs is 1. The second kappa shape index (κ2) is 13.0. The van der Waals surface area contributed by atoms with Gasteiger partial charge < -0.3 is 9.88 Å². The zero-order chi connectivity index (χ0) is 22.6. The predicted octanol–water partition coefficient (Wildman–Crippen LogP) is 6.85. The summed E-state index contributed by atoms with van der Waals surface area (Å²) in [6.45, 7) is 5.86. The van der Waals surface area contributed by atoms with Crippen molar-refractivity contribution >= 4 is 16.9 Å². The number of carbonyl (C=O) groups excluding carboxylic acids is 1. The average Bonchev–Trinajstić information content (AvgIpc) is 3.15. The Bertz CT molecular complexity index is 976. The summed E-state index contributed by atoms with van der Waals surface area (Å²) in [5.74, 6) is 1.05. The molecule has 0 bridgehead atoms. The van der Waals surface area contributed by atoms with Gasteiger partial charge in [-0.25, -0.2) is 4.98 Å². The Kier molecular flexibility index (Phi) is 9.80. The molecule has 0 atom stereocenters. The van der Waals surface area contributed by atoms with Crippen molar-refractivity contribution in [3.05, 3.63) is 65.5 Å². The standard InChI is InChI=1S/C28H39N3O/c1-3-4-5-6-7-8-9-10-13-21-31-26-18-12-11-17-25(26)30-27(31)19-20-29-28(32)24-16-14-15-23(2)22-24/h11-12,14-18,22H,3-10,13,19-21H2,1-2H3,(H,29,32). The highest BCUT2D eigenvalue weighted by Gasteiger charge is 2.11. The van der Waals surface area contributed by atoms with E-state index < -0.39 is 0 Å². The van der Waals surface area contributed by atoms with Crippen LogP contribution in [-0.2, 0) is 13.0 Å². The maximum absolute atomic E-state index is 12.5. The molecule has 0 radical (unpaired) electrons. The number of unbranched alkanes of at least 4 members (excludes halogenated alkanes) is 8. The van der Waals surface area contributed by atoms with Crippen molar-refractivity contribution in [1.29, 1.82) is 0 Å². The number of aryl methyl sites for hydroxylation is 2. The second-order valence-electron chi connectivity index (χ2n) is 8.87. The van der Waals surface area contributed by atoms with Gasteiger partial charge in [-0.1, -0.05) is 88.1 Å². The van der Waals surface area contributed by atoms with Crippen LogP contribution in [0.2, 0.25) is 0 Å². The number of rotatable bonds is 14. The van der Waals surface area contributed by atoms with Crippen molar-refractivity contribution in [2.45, 2.75) is 84.6 Å². The maximum atomic E-state index is 12.5. The molecule has 0 spiro atoms. The molecule has 0 fully saturated rings. The number of amides is 1. The first kappa shape index (κ1) is 24.0. The molecule has 1 amide bonds. The molecule has 3 aromatic rings. The lowest BCUT2D eigenvalue weighted by Gasteiger charge is -2.10. The van der Waals surface area contributed by atoms with Gasteiger partial charge in [0, 0.05) is 25.1 Å². The van der Waals surface area contributed by atoms with Gasteiger partial charge >= 0.3 is 0 Å². The van der Waals surface area contributed by atoms with Crippen LogP contribution in [-0.4, -0.2) is 22.0 Å². The third kappa shape index (κ3) is 7.22. The zero-order valence-corrected chi connectivity index (χ0v) is 19.9. The minimum atomic E-state index is -0.0182. The highest BCUT2D eigenvalue weighted by molar-refractivity contribution is 5.94. The molecule has 172 valence electrons. The minimum absolute atomic E-state index is 0.0182. The highest BCUT2D eigenvalue weighted by Crippen LogP contribution is 2.18. The lowest BCUT2D eigenvalue weighted by Crippen LogP contribution is -2.26. The third-order valence-electron chi connectivity index (χ3n) is 6.13. The Hall–Kier alpha value is -2.62. The topological polar surface area (TPSA) is 46.9 Å². The normalized spacial score (nSPS) is 11.2. The number of benzene rings is 2. The summed E-state index contributed by atoms with van der Waals surface area (Å²) in [6, 6.07) is 16.1. The fourth-order valence-electron chi connectivity index (χ4n) is 4.32. The lowest BCUT2D eigenvalue weighted by atomic mass is 10.1. The molecule has 0 aliphatic heterocycles. The second-order valence-corrected chi connectivity index (χ2v) is 8.87. The molecule has 32 heavy (non-hydrogen) atoms. The van der Waals surface area contributed by atoms with Crippen LogP contribution in [0.25, 0.3) is 11.0 Å². The summed E-state index contributed by atoms with van der Waals surface area (Å²) in [5, 5.41) is 3.06. The Morgan fingerprint density at radius 1 is 0.906 bits per heavy atom. The quantitative estimate of drug-likeness (QED) is 0.283. The van der Waals surface area contributed by atoms with Crippen molar-refractivity contribution in [2.75, 3.05) is 6.54 Å². The van der Waals surface area contributed by atoms with E-state index >= 15 is 0 Å². The Morgan fingerprint density at radius 3 is 2.38 bits per heavy atom. The van der Waals surface area contributed by atoms with E-state index in [1.165, 1.54) is 63.3 Å². The Balaban J connectivity index is 1.49. The SMILES string of the molecule is CCCCCCCCCCCn1c(CCNC(=O)c2cccc(C)c2)nc2ccccc21. The van der Waals surface area contributed by atoms with Crippen LogP contribution in [0.1, 0.15) is 86.5 Å². The predicted molar refractivity (Wildman–Crippen MR) is 134 cm³/mol. The molecule has 0 saturated heterocycles. The fraction of sp³-hybridized carbons (Fsp3) is 0.500. The number of carbonyl (C=O) groups is 1. The molecular weight excluding hydrogens is 394 g/mol. The molecular formula is C28H39N3O. The molecule has 4 nitrogen and oxygen atoms in total. The summed E-state index contributed by atoms with van der Waals surface area (Å²) in [4.78, 5) is 17.3. The molecule has 4 heteroatoms. The molecule has 1 N–H and O–H groups in total. The van der Waals surface area contributed by atoms with E-state index in [-0.39, 0.29) is 5.91 Å². The van der Waals surface area contributed by atoms with Gasteiger partial charge in [-0.05, 0) is 37.6 Å². The van der Waals surface area contributed by atoms with E-state index in [4.69, 9.17) is 4.98 Å². The van der Waals surface area contributed by atoms with Gasteiger partial charge in [-0.15, -0.1) is 0 Å². The number of hydrogen-bond donors (Lipinski definition) is 1. The third-order valence-corrected chi connectivity index (χ3v) is 6.13. The van der Waals surface area contributed by atoms with E-state index in [1.807, 2.05) is 37.3 Å². The molecule has 2 aromatic carbocycles. The number of nitrogens with one attached hydrogen (secondary N) is 1. The van der Waals surface area contributed by atoms with E-state index in [0.717, 1.165) is 29.9 Å². The van der Waals surface area contributed by atoms with Gasteiger partial charge in [0.25, 0.3) is 5.91 Å². The zero-order valence-electron chi connectivity index (χ0n) is 19.9. The van der Waals surface area contributed by atoms with Crippen LogP contribution in [0, 0.1) is 6.92 Å². The number of nitrogens with zero attached hydrogens (tertiary/aromatic N) is 2. The van der Waals surface area contributed by atoms with Crippen LogP contribution in [0.3, 0.4) is 0 Å². The van der Waals surface area contributed by atoms with Gasteiger partial charge in [-0.3, -0.25) is 4.79 Å².